The molecular formula is C24H23NO6. The fraction of sp³-hybridized carbons (Fsp3) is 0.292. The number of carbonyl (C=O) groups is 2. The molecule has 7 nitrogen and oxygen atoms in total. The van der Waals surface area contributed by atoms with Crippen molar-refractivity contribution in [2.45, 2.75) is 32.2 Å². The topological polar surface area (TPSA) is 94.8 Å². The van der Waals surface area contributed by atoms with Gasteiger partial charge in [-0.2, -0.15) is 0 Å². The lowest BCUT2D eigenvalue weighted by Gasteiger charge is -2.26. The largest absolute Gasteiger partial charge is 0.482 e. The molecule has 160 valence electrons. The van der Waals surface area contributed by atoms with Crippen LogP contribution in [0.2, 0.25) is 0 Å². The summed E-state index contributed by atoms with van der Waals surface area (Å²) in [6.07, 6.45) is 2.87. The van der Waals surface area contributed by atoms with Crippen LogP contribution in [-0.4, -0.2) is 25.1 Å². The van der Waals surface area contributed by atoms with Crippen molar-refractivity contribution in [3.8, 4) is 5.75 Å². The molecule has 1 heterocycles. The van der Waals surface area contributed by atoms with Crippen molar-refractivity contribution in [1.82, 2.24) is 5.32 Å². The molecule has 4 rings (SSSR count). The summed E-state index contributed by atoms with van der Waals surface area (Å²) in [6, 6.07) is 14.4. The SMILES string of the molecule is Cc1cc(=O)oc2cc(OCC(=O)OCC(=O)N[C@H]3CCCc4ccccc43)ccc12. The van der Waals surface area contributed by atoms with Gasteiger partial charge in [-0.1, -0.05) is 24.3 Å². The van der Waals surface area contributed by atoms with E-state index in [9.17, 15) is 14.4 Å². The second-order valence-electron chi connectivity index (χ2n) is 7.57. The summed E-state index contributed by atoms with van der Waals surface area (Å²) in [5.74, 6) is -0.649. The molecule has 0 bridgehead atoms. The third kappa shape index (κ3) is 4.94. The Kier molecular flexibility index (Phi) is 6.02. The zero-order valence-corrected chi connectivity index (χ0v) is 17.2. The van der Waals surface area contributed by atoms with Gasteiger partial charge in [-0.05, 0) is 55.0 Å². The van der Waals surface area contributed by atoms with Gasteiger partial charge in [0.25, 0.3) is 5.91 Å². The highest BCUT2D eigenvalue weighted by molar-refractivity contribution is 5.82. The molecule has 0 saturated heterocycles. The Morgan fingerprint density at radius 1 is 1.13 bits per heavy atom. The fourth-order valence-corrected chi connectivity index (χ4v) is 3.86. The van der Waals surface area contributed by atoms with Gasteiger partial charge in [-0.3, -0.25) is 4.79 Å². The molecule has 0 aliphatic heterocycles. The van der Waals surface area contributed by atoms with Crippen LogP contribution in [0.3, 0.4) is 0 Å². The van der Waals surface area contributed by atoms with Crippen LogP contribution in [0.4, 0.5) is 0 Å². The summed E-state index contributed by atoms with van der Waals surface area (Å²) in [5.41, 5.74) is 3.08. The Bertz CT molecular complexity index is 1180. The maximum Gasteiger partial charge on any atom is 0.344 e. The molecule has 1 aliphatic rings. The lowest BCUT2D eigenvalue weighted by atomic mass is 9.88. The first-order valence-electron chi connectivity index (χ1n) is 10.2. The summed E-state index contributed by atoms with van der Waals surface area (Å²) in [5, 5.41) is 3.72. The van der Waals surface area contributed by atoms with E-state index in [1.807, 2.05) is 25.1 Å². The molecule has 1 aliphatic carbocycles. The van der Waals surface area contributed by atoms with Crippen molar-refractivity contribution in [3.63, 3.8) is 0 Å². The average Bonchev–Trinajstić information content (AvgIpc) is 2.76. The number of esters is 1. The van der Waals surface area contributed by atoms with Crippen LogP contribution in [0.25, 0.3) is 11.0 Å². The summed E-state index contributed by atoms with van der Waals surface area (Å²) >= 11 is 0. The minimum Gasteiger partial charge on any atom is -0.482 e. The summed E-state index contributed by atoms with van der Waals surface area (Å²) in [6.45, 7) is 1.09. The molecular weight excluding hydrogens is 398 g/mol. The molecule has 7 heteroatoms. The van der Waals surface area contributed by atoms with Crippen LogP contribution in [-0.2, 0) is 20.7 Å². The van der Waals surface area contributed by atoms with E-state index in [0.29, 0.717) is 11.3 Å². The molecule has 31 heavy (non-hydrogen) atoms. The maximum absolute atomic E-state index is 12.2. The summed E-state index contributed by atoms with van der Waals surface area (Å²) in [4.78, 5) is 35.7. The van der Waals surface area contributed by atoms with Gasteiger partial charge in [0, 0.05) is 17.5 Å². The Morgan fingerprint density at radius 3 is 2.84 bits per heavy atom. The Morgan fingerprint density at radius 2 is 1.97 bits per heavy atom. The van der Waals surface area contributed by atoms with Crippen LogP contribution in [0.1, 0.15) is 35.6 Å². The number of rotatable bonds is 6. The minimum absolute atomic E-state index is 0.0666. The number of aryl methyl sites for hydroxylation is 2. The van der Waals surface area contributed by atoms with E-state index in [2.05, 4.69) is 11.4 Å². The van der Waals surface area contributed by atoms with Gasteiger partial charge >= 0.3 is 11.6 Å². The van der Waals surface area contributed by atoms with Crippen molar-refractivity contribution in [2.75, 3.05) is 13.2 Å². The number of benzene rings is 2. The van der Waals surface area contributed by atoms with Crippen LogP contribution < -0.4 is 15.7 Å². The summed E-state index contributed by atoms with van der Waals surface area (Å²) in [7, 11) is 0. The number of amides is 1. The predicted octanol–water partition coefficient (Wildman–Crippen LogP) is 3.22. The Balaban J connectivity index is 1.27. The van der Waals surface area contributed by atoms with Crippen molar-refractivity contribution in [1.29, 1.82) is 0 Å². The molecule has 1 aromatic heterocycles. The van der Waals surface area contributed by atoms with E-state index in [1.54, 1.807) is 18.2 Å². The van der Waals surface area contributed by atoms with E-state index in [4.69, 9.17) is 13.9 Å². The molecule has 0 saturated carbocycles. The number of hydrogen-bond donors (Lipinski definition) is 1. The van der Waals surface area contributed by atoms with Gasteiger partial charge in [-0.25, -0.2) is 9.59 Å². The van der Waals surface area contributed by atoms with Gasteiger partial charge in [0.05, 0.1) is 6.04 Å². The average molecular weight is 421 g/mol. The first-order chi connectivity index (χ1) is 15.0. The van der Waals surface area contributed by atoms with Crippen LogP contribution >= 0.6 is 0 Å². The van der Waals surface area contributed by atoms with Gasteiger partial charge in [0.1, 0.15) is 11.3 Å². The molecule has 0 unspecified atom stereocenters. The van der Waals surface area contributed by atoms with E-state index in [1.165, 1.54) is 11.6 Å². The van der Waals surface area contributed by atoms with Gasteiger partial charge in [-0.15, -0.1) is 0 Å². The number of nitrogens with one attached hydrogen (secondary N) is 1. The van der Waals surface area contributed by atoms with E-state index >= 15 is 0 Å². The highest BCUT2D eigenvalue weighted by Gasteiger charge is 2.21. The maximum atomic E-state index is 12.2. The smallest absolute Gasteiger partial charge is 0.344 e. The highest BCUT2D eigenvalue weighted by atomic mass is 16.6. The third-order valence-electron chi connectivity index (χ3n) is 5.35. The zero-order chi connectivity index (χ0) is 21.8. The standard InChI is InChI=1S/C24H23NO6/c1-15-11-23(27)31-21-12-17(9-10-18(15)21)29-14-24(28)30-13-22(26)25-20-8-4-6-16-5-2-3-7-19(16)20/h2-3,5,7,9-12,20H,4,6,8,13-14H2,1H3,(H,25,26)/t20-/m0/s1. The molecule has 0 radical (unpaired) electrons. The van der Waals surface area contributed by atoms with Gasteiger partial charge in [0.2, 0.25) is 0 Å². The second kappa shape index (κ2) is 9.04. The van der Waals surface area contributed by atoms with E-state index in [-0.39, 0.29) is 25.2 Å². The number of carbonyl (C=O) groups excluding carboxylic acids is 2. The molecule has 2 aromatic carbocycles. The fourth-order valence-electron chi connectivity index (χ4n) is 3.86. The molecule has 3 aromatic rings. The highest BCUT2D eigenvalue weighted by Crippen LogP contribution is 2.29. The second-order valence-corrected chi connectivity index (χ2v) is 7.57. The lowest BCUT2D eigenvalue weighted by molar-refractivity contribution is -0.150. The predicted molar refractivity (Wildman–Crippen MR) is 114 cm³/mol. The molecule has 0 spiro atoms. The Hall–Kier alpha value is -3.61. The number of fused-ring (bicyclic) bond motifs is 2. The number of ether oxygens (including phenoxy) is 2. The van der Waals surface area contributed by atoms with Crippen molar-refractivity contribution >= 4 is 22.8 Å². The van der Waals surface area contributed by atoms with E-state index < -0.39 is 11.6 Å². The first-order valence-corrected chi connectivity index (χ1v) is 10.2. The molecule has 1 atom stereocenters. The van der Waals surface area contributed by atoms with Crippen molar-refractivity contribution in [2.24, 2.45) is 0 Å². The Labute approximate surface area is 179 Å². The third-order valence-corrected chi connectivity index (χ3v) is 5.35. The van der Waals surface area contributed by atoms with Crippen molar-refractivity contribution in [3.05, 3.63) is 75.6 Å². The van der Waals surface area contributed by atoms with Crippen LogP contribution in [0, 0.1) is 6.92 Å². The molecule has 1 N–H and O–H groups in total. The summed E-state index contributed by atoms with van der Waals surface area (Å²) < 4.78 is 15.6. The minimum atomic E-state index is -0.662. The quantitative estimate of drug-likeness (QED) is 0.485. The lowest BCUT2D eigenvalue weighted by Crippen LogP contribution is -2.34. The van der Waals surface area contributed by atoms with Crippen LogP contribution in [0.5, 0.6) is 5.75 Å². The zero-order valence-electron chi connectivity index (χ0n) is 17.2. The van der Waals surface area contributed by atoms with E-state index in [0.717, 1.165) is 35.8 Å². The number of hydrogen-bond acceptors (Lipinski definition) is 6. The normalized spacial score (nSPS) is 15.2. The van der Waals surface area contributed by atoms with Gasteiger partial charge in [0.15, 0.2) is 13.2 Å². The van der Waals surface area contributed by atoms with Gasteiger partial charge < -0.3 is 19.2 Å². The van der Waals surface area contributed by atoms with Crippen molar-refractivity contribution < 1.29 is 23.5 Å². The van der Waals surface area contributed by atoms with Crippen LogP contribution in [0.15, 0.2) is 57.7 Å². The molecule has 1 amide bonds. The molecule has 0 fully saturated rings. The first kappa shape index (κ1) is 20.7. The monoisotopic (exact) mass is 421 g/mol.